The second-order valence-electron chi connectivity index (χ2n) is 8.98. The normalized spacial score (nSPS) is 11.4. The molecule has 1 aromatic heterocycles. The van der Waals surface area contributed by atoms with Crippen LogP contribution < -0.4 is 21.5 Å². The predicted octanol–water partition coefficient (Wildman–Crippen LogP) is 5.11. The van der Waals surface area contributed by atoms with Gasteiger partial charge in [-0.2, -0.15) is 4.57 Å². The molecule has 204 valence electrons. The molecule has 11 heteroatoms. The van der Waals surface area contributed by atoms with Crippen molar-refractivity contribution in [3.8, 4) is 11.3 Å². The van der Waals surface area contributed by atoms with Gasteiger partial charge in [0.1, 0.15) is 12.4 Å². The second-order valence-corrected chi connectivity index (χ2v) is 10.4. The third-order valence-electron chi connectivity index (χ3n) is 6.01. The topological polar surface area (TPSA) is 174 Å². The van der Waals surface area contributed by atoms with Crippen molar-refractivity contribution in [1.82, 2.24) is 0 Å². The molecule has 0 spiro atoms. The van der Waals surface area contributed by atoms with Gasteiger partial charge in [0.2, 0.25) is 11.2 Å². The lowest BCUT2D eigenvalue weighted by atomic mass is 9.98. The third kappa shape index (κ3) is 6.76. The van der Waals surface area contributed by atoms with Crippen molar-refractivity contribution in [2.24, 2.45) is 16.1 Å². The van der Waals surface area contributed by atoms with E-state index in [1.165, 1.54) is 0 Å². The van der Waals surface area contributed by atoms with Gasteiger partial charge in [-0.1, -0.05) is 41.6 Å². The lowest BCUT2D eigenvalue weighted by molar-refractivity contribution is -0.655. The Kier molecular flexibility index (Phi) is 8.37. The van der Waals surface area contributed by atoms with Gasteiger partial charge in [0.05, 0.1) is 32.3 Å². The summed E-state index contributed by atoms with van der Waals surface area (Å²) in [5, 5.41) is 19.5. The molecule has 1 heterocycles. The summed E-state index contributed by atoms with van der Waals surface area (Å²) in [6.45, 7) is 2.93. The number of nitrogen functional groups attached to an aromatic ring is 2. The maximum absolute atomic E-state index is 9.08. The fourth-order valence-electron chi connectivity index (χ4n) is 4.42. The van der Waals surface area contributed by atoms with E-state index in [1.54, 1.807) is 12.1 Å². The molecule has 4 aromatic carbocycles. The maximum Gasteiger partial charge on any atom is 0.220 e. The molecular formula is C29H29N7O3S. The van der Waals surface area contributed by atoms with E-state index in [9.17, 15) is 0 Å². The summed E-state index contributed by atoms with van der Waals surface area (Å²) in [7, 11) is -3.92. The molecule has 0 atom stereocenters. The molecule has 0 saturated heterocycles. The number of rotatable bonds is 6. The molecule has 5 aromatic rings. The standard InChI is InChI=1S/C28H25N7.CH4O3S/c1-2-35-26-16-20(29)11-13-24(26)23-14-12-22(17-25(23)27(35)18-7-4-3-5-8-18)33-34-32-21-10-6-9-19(15-21)28(30)31;1-5(2,3)4/h3-17,29H,2H2,1H3,(H4,30,31,32,33);1H3,(H,2,3,4). The first-order valence-electron chi connectivity index (χ1n) is 12.3. The van der Waals surface area contributed by atoms with Gasteiger partial charge in [-0.05, 0) is 55.5 Å². The number of benzene rings is 4. The Morgan fingerprint density at radius 3 is 2.33 bits per heavy atom. The minimum atomic E-state index is -3.92. The Hall–Kier alpha value is -4.87. The van der Waals surface area contributed by atoms with Crippen LogP contribution in [0.25, 0.3) is 32.9 Å². The zero-order valence-electron chi connectivity index (χ0n) is 22.0. The Balaban J connectivity index is 0.000000681. The second kappa shape index (κ2) is 11.9. The highest BCUT2D eigenvalue weighted by Crippen LogP contribution is 2.34. The summed E-state index contributed by atoms with van der Waals surface area (Å²) < 4.78 is 29.5. The van der Waals surface area contributed by atoms with Crippen molar-refractivity contribution in [1.29, 1.82) is 5.41 Å². The van der Waals surface area contributed by atoms with E-state index in [1.807, 2.05) is 48.5 Å². The summed E-state index contributed by atoms with van der Waals surface area (Å²) in [4.78, 5) is 0. The predicted molar refractivity (Wildman–Crippen MR) is 158 cm³/mol. The number of anilines is 2. The average molecular weight is 556 g/mol. The van der Waals surface area contributed by atoms with E-state index in [4.69, 9.17) is 29.8 Å². The molecule has 0 aliphatic carbocycles. The summed E-state index contributed by atoms with van der Waals surface area (Å²) in [6, 6.07) is 29.7. The van der Waals surface area contributed by atoms with Crippen LogP contribution in [-0.2, 0) is 16.7 Å². The zero-order chi connectivity index (χ0) is 28.9. The van der Waals surface area contributed by atoms with Crippen LogP contribution >= 0.6 is 0 Å². The van der Waals surface area contributed by atoms with Crippen molar-refractivity contribution in [3.05, 3.63) is 96.6 Å². The minimum Gasteiger partial charge on any atom is -0.748 e. The van der Waals surface area contributed by atoms with Crippen LogP contribution in [-0.4, -0.2) is 25.1 Å². The van der Waals surface area contributed by atoms with Crippen molar-refractivity contribution in [3.63, 3.8) is 0 Å². The van der Waals surface area contributed by atoms with Crippen LogP contribution in [0, 0.1) is 5.41 Å². The quantitative estimate of drug-likeness (QED) is 0.0331. The van der Waals surface area contributed by atoms with Gasteiger partial charge >= 0.3 is 0 Å². The molecule has 5 rings (SSSR count). The minimum absolute atomic E-state index is 0.00627. The van der Waals surface area contributed by atoms with Gasteiger partial charge in [-0.3, -0.25) is 10.8 Å². The molecule has 0 bridgehead atoms. The van der Waals surface area contributed by atoms with Crippen LogP contribution in [0.2, 0.25) is 0 Å². The van der Waals surface area contributed by atoms with Crippen molar-refractivity contribution in [2.45, 2.75) is 13.5 Å². The highest BCUT2D eigenvalue weighted by atomic mass is 32.2. The first-order valence-corrected chi connectivity index (χ1v) is 14.1. The van der Waals surface area contributed by atoms with E-state index in [-0.39, 0.29) is 5.84 Å². The monoisotopic (exact) mass is 555 g/mol. The molecule has 0 unspecified atom stereocenters. The van der Waals surface area contributed by atoms with Crippen LogP contribution in [0.4, 0.5) is 17.1 Å². The molecule has 10 nitrogen and oxygen atoms in total. The Bertz CT molecular complexity index is 1830. The number of aryl methyl sites for hydroxylation is 1. The van der Waals surface area contributed by atoms with E-state index in [2.05, 4.69) is 57.6 Å². The van der Waals surface area contributed by atoms with Gasteiger partial charge in [0, 0.05) is 34.5 Å². The molecule has 0 amide bonds. The van der Waals surface area contributed by atoms with Crippen LogP contribution in [0.1, 0.15) is 12.5 Å². The van der Waals surface area contributed by atoms with Gasteiger partial charge in [0.15, 0.2) is 0 Å². The third-order valence-corrected chi connectivity index (χ3v) is 6.01. The number of aromatic nitrogens is 1. The fourth-order valence-corrected chi connectivity index (χ4v) is 4.42. The van der Waals surface area contributed by atoms with Crippen molar-refractivity contribution >= 4 is 54.7 Å². The van der Waals surface area contributed by atoms with Crippen LogP contribution in [0.5, 0.6) is 0 Å². The van der Waals surface area contributed by atoms with Gasteiger partial charge in [0.25, 0.3) is 0 Å². The molecule has 0 aliphatic rings. The number of hydrogen-bond donors (Lipinski definition) is 4. The lowest BCUT2D eigenvalue weighted by Gasteiger charge is -2.12. The first-order chi connectivity index (χ1) is 19.0. The number of nitrogens with two attached hydrogens (primary N) is 2. The number of hydrogen-bond acceptors (Lipinski definition) is 7. The fraction of sp³-hybridized carbons (Fsp3) is 0.103. The Labute approximate surface area is 232 Å². The smallest absolute Gasteiger partial charge is 0.220 e. The zero-order valence-corrected chi connectivity index (χ0v) is 22.8. The Morgan fingerprint density at radius 2 is 1.65 bits per heavy atom. The summed E-state index contributed by atoms with van der Waals surface area (Å²) in [5.74, 6) is 0.00627. The van der Waals surface area contributed by atoms with Crippen molar-refractivity contribution < 1.29 is 17.5 Å². The SMILES string of the molecule is CC[n+]1c(-c2ccccc2)c2cc(N=NNc3cccc(C(=N)N)c3)ccc2c2ccc(N)cc21.CS(=O)(=O)[O-]. The van der Waals surface area contributed by atoms with E-state index < -0.39 is 10.1 Å². The van der Waals surface area contributed by atoms with Crippen LogP contribution in [0.15, 0.2) is 101 Å². The molecule has 0 saturated carbocycles. The van der Waals surface area contributed by atoms with Gasteiger partial charge < -0.3 is 16.0 Å². The van der Waals surface area contributed by atoms with E-state index >= 15 is 0 Å². The maximum atomic E-state index is 9.08. The van der Waals surface area contributed by atoms with E-state index in [0.29, 0.717) is 17.5 Å². The average Bonchev–Trinajstić information content (AvgIpc) is 2.91. The number of nitrogens with one attached hydrogen (secondary N) is 2. The lowest BCUT2D eigenvalue weighted by Crippen LogP contribution is -2.36. The van der Waals surface area contributed by atoms with E-state index in [0.717, 1.165) is 50.9 Å². The highest BCUT2D eigenvalue weighted by molar-refractivity contribution is 7.84. The molecular weight excluding hydrogens is 526 g/mol. The summed E-state index contributed by atoms with van der Waals surface area (Å²) in [5.41, 5.74) is 20.8. The number of nitrogens with zero attached hydrogens (tertiary/aromatic N) is 3. The summed E-state index contributed by atoms with van der Waals surface area (Å²) in [6.07, 6.45) is 0.604. The van der Waals surface area contributed by atoms with Crippen molar-refractivity contribution in [2.75, 3.05) is 17.4 Å². The number of amidine groups is 1. The Morgan fingerprint density at radius 1 is 0.950 bits per heavy atom. The molecule has 0 aliphatic heterocycles. The first kappa shape index (κ1) is 28.1. The summed E-state index contributed by atoms with van der Waals surface area (Å²) >= 11 is 0. The highest BCUT2D eigenvalue weighted by Gasteiger charge is 2.22. The molecule has 6 N–H and O–H groups in total. The molecule has 40 heavy (non-hydrogen) atoms. The molecule has 0 fully saturated rings. The number of pyridine rings is 1. The number of fused-ring (bicyclic) bond motifs is 3. The largest absolute Gasteiger partial charge is 0.748 e. The van der Waals surface area contributed by atoms with Crippen LogP contribution in [0.3, 0.4) is 0 Å². The van der Waals surface area contributed by atoms with Gasteiger partial charge in [-0.25, -0.2) is 8.42 Å². The van der Waals surface area contributed by atoms with Gasteiger partial charge in [-0.15, -0.1) is 5.11 Å². The molecule has 0 radical (unpaired) electrons.